The predicted octanol–water partition coefficient (Wildman–Crippen LogP) is 5.40. The lowest BCUT2D eigenvalue weighted by atomic mass is 10.1. The molecule has 6 rings (SSSR count). The van der Waals surface area contributed by atoms with Crippen LogP contribution in [-0.4, -0.2) is 76.6 Å². The molecular weight excluding hydrogens is 593 g/mol. The summed E-state index contributed by atoms with van der Waals surface area (Å²) in [4.78, 5) is 19.8. The number of amides is 1. The standard InChI is InChI=1S/C32H35ClFN3O5S/c1-41-21-42-31-12-10-27(43(39,40)26-13-15-35(16-14-26)23-5-3-2-4-6-23)18-30(31)37-24-8-9-25(37)20-36(19-24)32(38)28-11-7-22(34)17-29(28)33/h2-7,10-12,17-18,24-26H,8-9,13-16,19-21H2,1H3. The first-order valence-electron chi connectivity index (χ1n) is 14.6. The quantitative estimate of drug-likeness (QED) is 0.310. The second kappa shape index (κ2) is 12.3. The number of methoxy groups -OCH3 is 1. The van der Waals surface area contributed by atoms with Gasteiger partial charge in [-0.3, -0.25) is 4.79 Å². The van der Waals surface area contributed by atoms with Gasteiger partial charge in [0.1, 0.15) is 11.6 Å². The summed E-state index contributed by atoms with van der Waals surface area (Å²) in [7, 11) is -2.06. The fourth-order valence-corrected chi connectivity index (χ4v) is 8.67. The van der Waals surface area contributed by atoms with Crippen molar-refractivity contribution >= 4 is 38.7 Å². The number of piperazine rings is 1. The largest absolute Gasteiger partial charge is 0.465 e. The van der Waals surface area contributed by atoms with E-state index in [4.69, 9.17) is 21.1 Å². The summed E-state index contributed by atoms with van der Waals surface area (Å²) in [5.74, 6) is -0.194. The number of rotatable bonds is 8. The Hall–Kier alpha value is -3.34. The molecule has 228 valence electrons. The number of piperidine rings is 1. The minimum atomic E-state index is -3.60. The van der Waals surface area contributed by atoms with Gasteiger partial charge < -0.3 is 24.2 Å². The Morgan fingerprint density at radius 2 is 1.65 bits per heavy atom. The number of nitrogens with zero attached hydrogens (tertiary/aromatic N) is 3. The van der Waals surface area contributed by atoms with Crippen molar-refractivity contribution in [3.63, 3.8) is 0 Å². The van der Waals surface area contributed by atoms with Crippen LogP contribution in [0, 0.1) is 5.82 Å². The van der Waals surface area contributed by atoms with Crippen molar-refractivity contribution in [2.45, 2.75) is 47.9 Å². The Kier molecular flexibility index (Phi) is 8.53. The van der Waals surface area contributed by atoms with Crippen LogP contribution in [0.4, 0.5) is 15.8 Å². The summed E-state index contributed by atoms with van der Waals surface area (Å²) in [6, 6.07) is 18.9. The van der Waals surface area contributed by atoms with E-state index in [0.717, 1.165) is 24.6 Å². The van der Waals surface area contributed by atoms with Crippen molar-refractivity contribution in [3.05, 3.63) is 83.1 Å². The van der Waals surface area contributed by atoms with Crippen LogP contribution in [-0.2, 0) is 14.6 Å². The van der Waals surface area contributed by atoms with Crippen molar-refractivity contribution in [3.8, 4) is 5.75 Å². The summed E-state index contributed by atoms with van der Waals surface area (Å²) in [5.41, 5.74) is 2.07. The normalized spacial score (nSPS) is 20.9. The molecular formula is C32H35ClFN3O5S. The van der Waals surface area contributed by atoms with E-state index in [0.29, 0.717) is 50.5 Å². The van der Waals surface area contributed by atoms with E-state index < -0.39 is 20.9 Å². The number of hydrogen-bond acceptors (Lipinski definition) is 7. The van der Waals surface area contributed by atoms with Crippen molar-refractivity contribution < 1.29 is 27.1 Å². The minimum absolute atomic E-state index is 0.0217. The molecule has 3 aromatic carbocycles. The van der Waals surface area contributed by atoms with Gasteiger partial charge in [0, 0.05) is 51.1 Å². The van der Waals surface area contributed by atoms with Gasteiger partial charge in [-0.2, -0.15) is 0 Å². The average Bonchev–Trinajstić information content (AvgIpc) is 3.28. The first kappa shape index (κ1) is 29.7. The molecule has 2 unspecified atom stereocenters. The molecule has 0 radical (unpaired) electrons. The Labute approximate surface area is 256 Å². The summed E-state index contributed by atoms with van der Waals surface area (Å²) < 4.78 is 52.5. The highest BCUT2D eigenvalue weighted by atomic mass is 35.5. The molecule has 2 bridgehead atoms. The van der Waals surface area contributed by atoms with Crippen LogP contribution in [0.15, 0.2) is 71.6 Å². The van der Waals surface area contributed by atoms with Crippen LogP contribution >= 0.6 is 11.6 Å². The molecule has 11 heteroatoms. The molecule has 3 aliphatic rings. The zero-order chi connectivity index (χ0) is 30.1. The van der Waals surface area contributed by atoms with Gasteiger partial charge in [0.15, 0.2) is 16.6 Å². The number of halogens is 2. The topological polar surface area (TPSA) is 79.4 Å². The summed E-state index contributed by atoms with van der Waals surface area (Å²) >= 11 is 6.20. The van der Waals surface area contributed by atoms with Gasteiger partial charge in [0.05, 0.1) is 26.4 Å². The van der Waals surface area contributed by atoms with Gasteiger partial charge in [-0.1, -0.05) is 29.8 Å². The van der Waals surface area contributed by atoms with E-state index >= 15 is 0 Å². The molecule has 0 aromatic heterocycles. The number of likely N-dealkylation sites (tertiary alicyclic amines) is 1. The van der Waals surface area contributed by atoms with E-state index in [1.165, 1.54) is 19.2 Å². The smallest absolute Gasteiger partial charge is 0.255 e. The Bertz CT molecular complexity index is 1570. The SMILES string of the molecule is COCOc1ccc(S(=O)(=O)C2CCN(c3ccccc3)CC2)cc1N1C2CCC1CN(C(=O)c1ccc(F)cc1Cl)C2. The summed E-state index contributed by atoms with van der Waals surface area (Å²) in [5, 5.41) is -0.389. The zero-order valence-corrected chi connectivity index (χ0v) is 25.6. The van der Waals surface area contributed by atoms with Gasteiger partial charge >= 0.3 is 0 Å². The first-order valence-corrected chi connectivity index (χ1v) is 16.5. The van der Waals surface area contributed by atoms with Crippen molar-refractivity contribution in [2.75, 3.05) is 49.9 Å². The third kappa shape index (κ3) is 5.92. The third-order valence-electron chi connectivity index (χ3n) is 8.80. The minimum Gasteiger partial charge on any atom is -0.465 e. The number of benzene rings is 3. The van der Waals surface area contributed by atoms with Crippen LogP contribution in [0.25, 0.3) is 0 Å². The van der Waals surface area contributed by atoms with Gasteiger partial charge in [-0.15, -0.1) is 0 Å². The Balaban J connectivity index is 1.24. The van der Waals surface area contributed by atoms with E-state index in [-0.39, 0.29) is 40.3 Å². The molecule has 1 amide bonds. The van der Waals surface area contributed by atoms with Crippen LogP contribution < -0.4 is 14.5 Å². The molecule has 0 aliphatic carbocycles. The van der Waals surface area contributed by atoms with Gasteiger partial charge in [0.25, 0.3) is 5.91 Å². The predicted molar refractivity (Wildman–Crippen MR) is 164 cm³/mol. The molecule has 8 nitrogen and oxygen atoms in total. The lowest BCUT2D eigenvalue weighted by Crippen LogP contribution is -2.55. The molecule has 2 atom stereocenters. The van der Waals surface area contributed by atoms with E-state index in [2.05, 4.69) is 21.9 Å². The molecule has 43 heavy (non-hydrogen) atoms. The molecule has 3 heterocycles. The summed E-state index contributed by atoms with van der Waals surface area (Å²) in [6.07, 6.45) is 2.77. The molecule has 3 aromatic rings. The highest BCUT2D eigenvalue weighted by Crippen LogP contribution is 2.42. The maximum Gasteiger partial charge on any atom is 0.255 e. The van der Waals surface area contributed by atoms with E-state index in [9.17, 15) is 17.6 Å². The second-order valence-corrected chi connectivity index (χ2v) is 14.0. The maximum atomic E-state index is 13.9. The molecule has 3 aliphatic heterocycles. The van der Waals surface area contributed by atoms with Crippen molar-refractivity contribution in [1.82, 2.24) is 4.90 Å². The lowest BCUT2D eigenvalue weighted by Gasteiger charge is -2.43. The van der Waals surface area contributed by atoms with Gasteiger partial charge in [0.2, 0.25) is 0 Å². The van der Waals surface area contributed by atoms with E-state index in [1.807, 2.05) is 18.2 Å². The first-order chi connectivity index (χ1) is 20.8. The zero-order valence-electron chi connectivity index (χ0n) is 24.0. The van der Waals surface area contributed by atoms with Crippen LogP contribution in [0.2, 0.25) is 5.02 Å². The highest BCUT2D eigenvalue weighted by molar-refractivity contribution is 7.92. The van der Waals surface area contributed by atoms with Gasteiger partial charge in [-0.05, 0) is 74.2 Å². The average molecular weight is 628 g/mol. The van der Waals surface area contributed by atoms with Crippen LogP contribution in [0.5, 0.6) is 5.75 Å². The number of ether oxygens (including phenoxy) is 2. The molecule has 0 saturated carbocycles. The Morgan fingerprint density at radius 1 is 0.953 bits per heavy atom. The van der Waals surface area contributed by atoms with Crippen molar-refractivity contribution in [1.29, 1.82) is 0 Å². The highest BCUT2D eigenvalue weighted by Gasteiger charge is 2.43. The van der Waals surface area contributed by atoms with E-state index in [1.54, 1.807) is 23.1 Å². The van der Waals surface area contributed by atoms with Gasteiger partial charge in [-0.25, -0.2) is 12.8 Å². The van der Waals surface area contributed by atoms with Crippen LogP contribution in [0.1, 0.15) is 36.0 Å². The fraction of sp³-hybridized carbons (Fsp3) is 0.406. The molecule has 3 saturated heterocycles. The molecule has 3 fully saturated rings. The molecule has 0 spiro atoms. The number of para-hydroxylation sites is 1. The number of fused-ring (bicyclic) bond motifs is 2. The maximum absolute atomic E-state index is 13.9. The fourth-order valence-electron chi connectivity index (χ4n) is 6.67. The number of hydrogen-bond donors (Lipinski definition) is 0. The number of carbonyl (C=O) groups excluding carboxylic acids is 1. The number of carbonyl (C=O) groups is 1. The third-order valence-corrected chi connectivity index (χ3v) is 11.4. The number of sulfone groups is 1. The summed E-state index contributed by atoms with van der Waals surface area (Å²) in [6.45, 7) is 2.24. The number of anilines is 2. The van der Waals surface area contributed by atoms with Crippen LogP contribution in [0.3, 0.4) is 0 Å². The second-order valence-electron chi connectivity index (χ2n) is 11.4. The molecule has 0 N–H and O–H groups in total. The lowest BCUT2D eigenvalue weighted by molar-refractivity contribution is 0.0511. The van der Waals surface area contributed by atoms with Crippen molar-refractivity contribution in [2.24, 2.45) is 0 Å². The monoisotopic (exact) mass is 627 g/mol. The Morgan fingerprint density at radius 3 is 2.30 bits per heavy atom.